The summed E-state index contributed by atoms with van der Waals surface area (Å²) in [6.45, 7) is 0. The summed E-state index contributed by atoms with van der Waals surface area (Å²) in [6.07, 6.45) is 5.52. The number of nitrogen functional groups attached to an aromatic ring is 1. The highest BCUT2D eigenvalue weighted by Gasteiger charge is 2.08. The van der Waals surface area contributed by atoms with E-state index >= 15 is 0 Å². The van der Waals surface area contributed by atoms with Gasteiger partial charge in [-0.3, -0.25) is 4.98 Å². The number of hydrogen-bond acceptors (Lipinski definition) is 2. The molecule has 17 heavy (non-hydrogen) atoms. The molecule has 1 atom stereocenters. The van der Waals surface area contributed by atoms with Crippen molar-refractivity contribution in [3.8, 4) is 0 Å². The number of halogens is 1. The van der Waals surface area contributed by atoms with Crippen molar-refractivity contribution in [2.75, 3.05) is 5.73 Å². The number of aromatic nitrogens is 1. The Morgan fingerprint density at radius 1 is 1.18 bits per heavy atom. The summed E-state index contributed by atoms with van der Waals surface area (Å²) in [5, 5.41) is 0. The zero-order valence-corrected chi connectivity index (χ0v) is 11.1. The lowest BCUT2D eigenvalue weighted by atomic mass is 10.0. The first-order valence-electron chi connectivity index (χ1n) is 5.65. The molecule has 2 N–H and O–H groups in total. The number of alkyl halides is 1. The number of benzene rings is 1. The van der Waals surface area contributed by atoms with Gasteiger partial charge in [0.1, 0.15) is 0 Å². The van der Waals surface area contributed by atoms with Gasteiger partial charge in [-0.25, -0.2) is 0 Å². The number of pyridine rings is 1. The monoisotopic (exact) mass is 290 g/mol. The molecular formula is C14H15BrN2. The van der Waals surface area contributed by atoms with Crippen molar-refractivity contribution in [2.45, 2.75) is 17.7 Å². The Kier molecular flexibility index (Phi) is 4.15. The number of rotatable bonds is 4. The van der Waals surface area contributed by atoms with E-state index in [1.807, 2.05) is 18.3 Å². The van der Waals surface area contributed by atoms with E-state index < -0.39 is 0 Å². The Hall–Kier alpha value is -1.35. The van der Waals surface area contributed by atoms with Gasteiger partial charge in [0, 0.05) is 22.9 Å². The summed E-state index contributed by atoms with van der Waals surface area (Å²) in [5.74, 6) is 0. The molecule has 0 bridgehead atoms. The van der Waals surface area contributed by atoms with Gasteiger partial charge in [0.2, 0.25) is 0 Å². The van der Waals surface area contributed by atoms with Crippen LogP contribution in [0.15, 0.2) is 48.8 Å². The normalized spacial score (nSPS) is 12.3. The van der Waals surface area contributed by atoms with Crippen molar-refractivity contribution in [3.63, 3.8) is 0 Å². The first-order valence-corrected chi connectivity index (χ1v) is 6.56. The minimum Gasteiger partial charge on any atom is -0.398 e. The van der Waals surface area contributed by atoms with Gasteiger partial charge in [-0.2, -0.15) is 0 Å². The molecule has 0 aliphatic heterocycles. The molecule has 0 spiro atoms. The van der Waals surface area contributed by atoms with Crippen LogP contribution in [0.2, 0.25) is 0 Å². The summed E-state index contributed by atoms with van der Waals surface area (Å²) in [5.41, 5.74) is 9.14. The lowest BCUT2D eigenvalue weighted by Crippen LogP contribution is -1.98. The average molecular weight is 291 g/mol. The van der Waals surface area contributed by atoms with E-state index in [2.05, 4.69) is 45.2 Å². The van der Waals surface area contributed by atoms with Gasteiger partial charge < -0.3 is 5.73 Å². The van der Waals surface area contributed by atoms with Gasteiger partial charge in [-0.05, 0) is 30.0 Å². The maximum Gasteiger partial charge on any atom is 0.0398 e. The van der Waals surface area contributed by atoms with Crippen LogP contribution >= 0.6 is 15.9 Å². The molecule has 1 unspecified atom stereocenters. The molecule has 0 saturated carbocycles. The Labute approximate surface area is 110 Å². The van der Waals surface area contributed by atoms with Gasteiger partial charge in [-0.1, -0.05) is 46.3 Å². The van der Waals surface area contributed by atoms with Crippen LogP contribution in [0.5, 0.6) is 0 Å². The van der Waals surface area contributed by atoms with Gasteiger partial charge in [0.05, 0.1) is 0 Å². The third kappa shape index (κ3) is 3.30. The highest BCUT2D eigenvalue weighted by Crippen LogP contribution is 2.28. The first-order chi connectivity index (χ1) is 8.27. The third-order valence-electron chi connectivity index (χ3n) is 2.77. The molecule has 0 radical (unpaired) electrons. The molecule has 2 aromatic rings. The van der Waals surface area contributed by atoms with Crippen LogP contribution in [-0.4, -0.2) is 4.98 Å². The largest absolute Gasteiger partial charge is 0.398 e. The predicted molar refractivity (Wildman–Crippen MR) is 75.1 cm³/mol. The predicted octanol–water partition coefficient (Wildman–Crippen LogP) is 3.73. The first kappa shape index (κ1) is 12.1. The fourth-order valence-corrected chi connectivity index (χ4v) is 2.29. The topological polar surface area (TPSA) is 38.9 Å². The minimum atomic E-state index is 0.364. The van der Waals surface area contributed by atoms with E-state index in [0.29, 0.717) is 4.83 Å². The van der Waals surface area contributed by atoms with E-state index in [9.17, 15) is 0 Å². The van der Waals surface area contributed by atoms with Crippen molar-refractivity contribution in [3.05, 3.63) is 59.9 Å². The summed E-state index contributed by atoms with van der Waals surface area (Å²) in [6, 6.07) is 12.3. The van der Waals surface area contributed by atoms with Crippen LogP contribution in [0.3, 0.4) is 0 Å². The summed E-state index contributed by atoms with van der Waals surface area (Å²) >= 11 is 3.71. The third-order valence-corrected chi connectivity index (χ3v) is 3.76. The molecule has 88 valence electrons. The van der Waals surface area contributed by atoms with Gasteiger partial charge >= 0.3 is 0 Å². The molecular weight excluding hydrogens is 276 g/mol. The summed E-state index contributed by atoms with van der Waals surface area (Å²) in [4.78, 5) is 4.47. The van der Waals surface area contributed by atoms with Gasteiger partial charge in [0.15, 0.2) is 0 Å². The zero-order chi connectivity index (χ0) is 12.1. The van der Waals surface area contributed by atoms with Crippen LogP contribution in [-0.2, 0) is 6.42 Å². The van der Waals surface area contributed by atoms with E-state index in [4.69, 9.17) is 5.73 Å². The summed E-state index contributed by atoms with van der Waals surface area (Å²) in [7, 11) is 0. The molecule has 0 fully saturated rings. The Balaban J connectivity index is 1.97. The van der Waals surface area contributed by atoms with E-state index in [1.165, 1.54) is 5.56 Å². The highest BCUT2D eigenvalue weighted by atomic mass is 79.9. The molecule has 2 rings (SSSR count). The highest BCUT2D eigenvalue weighted by molar-refractivity contribution is 9.09. The van der Waals surface area contributed by atoms with Crippen molar-refractivity contribution < 1.29 is 0 Å². The number of nitrogens with zero attached hydrogens (tertiary/aromatic N) is 1. The lowest BCUT2D eigenvalue weighted by molar-refractivity contribution is 0.811. The number of aryl methyl sites for hydroxylation is 1. The molecule has 0 aliphatic rings. The van der Waals surface area contributed by atoms with Crippen molar-refractivity contribution >= 4 is 21.6 Å². The second kappa shape index (κ2) is 5.82. The van der Waals surface area contributed by atoms with Crippen LogP contribution in [0.4, 0.5) is 5.69 Å². The number of hydrogen-bond donors (Lipinski definition) is 1. The Morgan fingerprint density at radius 3 is 2.65 bits per heavy atom. The Bertz CT molecular complexity index is 471. The fourth-order valence-electron chi connectivity index (χ4n) is 1.76. The van der Waals surface area contributed by atoms with Gasteiger partial charge in [-0.15, -0.1) is 0 Å². The maximum atomic E-state index is 5.89. The Morgan fingerprint density at radius 2 is 1.94 bits per heavy atom. The zero-order valence-electron chi connectivity index (χ0n) is 9.51. The molecule has 0 saturated heterocycles. The molecule has 1 heterocycles. The van der Waals surface area contributed by atoms with E-state index in [-0.39, 0.29) is 0 Å². The van der Waals surface area contributed by atoms with Crippen molar-refractivity contribution in [1.29, 1.82) is 0 Å². The second-order valence-electron chi connectivity index (χ2n) is 3.99. The van der Waals surface area contributed by atoms with Crippen molar-refractivity contribution in [1.82, 2.24) is 4.98 Å². The van der Waals surface area contributed by atoms with Crippen LogP contribution < -0.4 is 5.73 Å². The maximum absolute atomic E-state index is 5.89. The molecule has 0 aliphatic carbocycles. The lowest BCUT2D eigenvalue weighted by Gasteiger charge is -2.10. The van der Waals surface area contributed by atoms with E-state index in [1.54, 1.807) is 6.20 Å². The SMILES string of the molecule is Nc1ccncc1CCC(Br)c1ccccc1. The van der Waals surface area contributed by atoms with Crippen LogP contribution in [0.25, 0.3) is 0 Å². The summed E-state index contributed by atoms with van der Waals surface area (Å²) < 4.78 is 0. The molecule has 0 amide bonds. The number of nitrogens with two attached hydrogens (primary N) is 1. The van der Waals surface area contributed by atoms with Crippen molar-refractivity contribution in [2.24, 2.45) is 0 Å². The minimum absolute atomic E-state index is 0.364. The molecule has 1 aromatic heterocycles. The van der Waals surface area contributed by atoms with Crippen LogP contribution in [0.1, 0.15) is 22.4 Å². The molecule has 2 nitrogen and oxygen atoms in total. The smallest absolute Gasteiger partial charge is 0.0398 e. The average Bonchev–Trinajstić information content (AvgIpc) is 2.38. The molecule has 1 aromatic carbocycles. The molecule has 3 heteroatoms. The van der Waals surface area contributed by atoms with E-state index in [0.717, 1.165) is 24.1 Å². The van der Waals surface area contributed by atoms with Gasteiger partial charge in [0.25, 0.3) is 0 Å². The second-order valence-corrected chi connectivity index (χ2v) is 5.10. The standard InChI is InChI=1S/C14H15BrN2/c15-13(11-4-2-1-3-5-11)7-6-12-10-17-9-8-14(12)16/h1-5,8-10,13H,6-7H2,(H2,16,17). The quantitative estimate of drug-likeness (QED) is 0.872. The number of anilines is 1. The van der Waals surface area contributed by atoms with Crippen LogP contribution in [0, 0.1) is 0 Å². The fraction of sp³-hybridized carbons (Fsp3) is 0.214.